The smallest absolute Gasteiger partial charge is 0.244 e. The van der Waals surface area contributed by atoms with Crippen LogP contribution in [0.3, 0.4) is 0 Å². The summed E-state index contributed by atoms with van der Waals surface area (Å²) in [4.78, 5) is 7.15. The Kier molecular flexibility index (Phi) is 4.46. The van der Waals surface area contributed by atoms with Gasteiger partial charge < -0.3 is 0 Å². The van der Waals surface area contributed by atoms with Gasteiger partial charge in [-0.2, -0.15) is 9.61 Å². The Hall–Kier alpha value is -1.87. The van der Waals surface area contributed by atoms with E-state index in [0.29, 0.717) is 27.5 Å². The molecule has 6 nitrogen and oxygen atoms in total. The van der Waals surface area contributed by atoms with Crippen LogP contribution in [0.1, 0.15) is 29.3 Å². The molecule has 1 aromatic carbocycles. The molecule has 0 saturated heterocycles. The molecule has 0 fully saturated rings. The molecule has 1 unspecified atom stereocenters. The van der Waals surface area contributed by atoms with Crippen molar-refractivity contribution < 1.29 is 0 Å². The van der Waals surface area contributed by atoms with Crippen molar-refractivity contribution in [3.63, 3.8) is 0 Å². The Balaban J connectivity index is 1.56. The van der Waals surface area contributed by atoms with Gasteiger partial charge in [-0.25, -0.2) is 9.38 Å². The van der Waals surface area contributed by atoms with Gasteiger partial charge in [-0.3, -0.25) is 0 Å². The highest BCUT2D eigenvalue weighted by molar-refractivity contribution is 7.98. The molecule has 0 amide bonds. The molecule has 1 aliphatic rings. The van der Waals surface area contributed by atoms with Crippen molar-refractivity contribution in [3.05, 3.63) is 50.6 Å². The maximum Gasteiger partial charge on any atom is 0.260 e. The van der Waals surface area contributed by atoms with Crippen molar-refractivity contribution in [1.82, 2.24) is 29.2 Å². The minimum Gasteiger partial charge on any atom is -0.244 e. The molecule has 0 radical (unpaired) electrons. The largest absolute Gasteiger partial charge is 0.260 e. The Morgan fingerprint density at radius 3 is 2.90 bits per heavy atom. The van der Waals surface area contributed by atoms with Crippen molar-refractivity contribution in [2.75, 3.05) is 0 Å². The number of rotatable bonds is 3. The number of thioether (sulfide) groups is 1. The van der Waals surface area contributed by atoms with Crippen molar-refractivity contribution in [3.8, 4) is 0 Å². The number of hydrogen-bond donors (Lipinski definition) is 0. The molecular formula is C20H16Cl2N6S2. The Morgan fingerprint density at radius 1 is 1.23 bits per heavy atom. The third kappa shape index (κ3) is 2.77. The van der Waals surface area contributed by atoms with Gasteiger partial charge in [-0.05, 0) is 48.4 Å². The second-order valence-electron chi connectivity index (χ2n) is 7.63. The second kappa shape index (κ2) is 7.09. The number of halogens is 2. The van der Waals surface area contributed by atoms with Crippen molar-refractivity contribution in [2.24, 2.45) is 5.92 Å². The van der Waals surface area contributed by atoms with E-state index in [0.717, 1.165) is 34.0 Å². The summed E-state index contributed by atoms with van der Waals surface area (Å²) in [6.45, 7) is 2.32. The Bertz CT molecular complexity index is 1420. The fourth-order valence-electron chi connectivity index (χ4n) is 4.17. The quantitative estimate of drug-likeness (QED) is 0.313. The molecule has 10 heteroatoms. The summed E-state index contributed by atoms with van der Waals surface area (Å²) < 4.78 is 3.91. The first-order valence-electron chi connectivity index (χ1n) is 9.68. The lowest BCUT2D eigenvalue weighted by Gasteiger charge is -2.17. The summed E-state index contributed by atoms with van der Waals surface area (Å²) in [5.41, 5.74) is 3.18. The van der Waals surface area contributed by atoms with Crippen LogP contribution in [-0.4, -0.2) is 29.2 Å². The van der Waals surface area contributed by atoms with Crippen LogP contribution in [0.4, 0.5) is 0 Å². The van der Waals surface area contributed by atoms with Gasteiger partial charge >= 0.3 is 0 Å². The normalized spacial score (nSPS) is 16.7. The molecule has 6 rings (SSSR count). The maximum atomic E-state index is 6.37. The van der Waals surface area contributed by atoms with Crippen LogP contribution in [0.5, 0.6) is 0 Å². The molecule has 0 spiro atoms. The van der Waals surface area contributed by atoms with Crippen LogP contribution >= 0.6 is 46.3 Å². The Labute approximate surface area is 190 Å². The third-order valence-corrected chi connectivity index (χ3v) is 8.62. The minimum absolute atomic E-state index is 0.609. The standard InChI is InChI=1S/C20H16Cl2N6S2/c1-10-5-6-15-11(7-10)16-17-23-9-24-28(17)19-25-26-20(27(19)18(16)30-15)29-8-12-13(21)3-2-4-14(12)22/h2-4,9-10H,5-8H2,1H3. The van der Waals surface area contributed by atoms with Gasteiger partial charge in [-0.15, -0.1) is 21.5 Å². The summed E-state index contributed by atoms with van der Waals surface area (Å²) in [5, 5.41) is 16.7. The fraction of sp³-hybridized carbons (Fsp3) is 0.300. The number of fused-ring (bicyclic) bond motifs is 8. The summed E-state index contributed by atoms with van der Waals surface area (Å²) in [5.74, 6) is 1.96. The topological polar surface area (TPSA) is 60.4 Å². The van der Waals surface area contributed by atoms with Gasteiger partial charge in [0.15, 0.2) is 10.8 Å². The monoisotopic (exact) mass is 474 g/mol. The van der Waals surface area contributed by atoms with Gasteiger partial charge in [0.25, 0.3) is 5.78 Å². The van der Waals surface area contributed by atoms with Crippen molar-refractivity contribution in [1.29, 1.82) is 0 Å². The summed E-state index contributed by atoms with van der Waals surface area (Å²) >= 11 is 16.1. The molecule has 0 bridgehead atoms. The molecular weight excluding hydrogens is 459 g/mol. The maximum absolute atomic E-state index is 6.37. The van der Waals surface area contributed by atoms with Crippen LogP contribution in [-0.2, 0) is 18.6 Å². The van der Waals surface area contributed by atoms with Crippen LogP contribution in [0.15, 0.2) is 29.7 Å². The van der Waals surface area contributed by atoms with Gasteiger partial charge in [-0.1, -0.05) is 48.0 Å². The lowest BCUT2D eigenvalue weighted by molar-refractivity contribution is 0.508. The lowest BCUT2D eigenvalue weighted by Crippen LogP contribution is -2.09. The predicted octanol–water partition coefficient (Wildman–Crippen LogP) is 5.71. The van der Waals surface area contributed by atoms with E-state index in [9.17, 15) is 0 Å². The fourth-order valence-corrected chi connectivity index (χ4v) is 7.24. The molecule has 0 saturated carbocycles. The second-order valence-corrected chi connectivity index (χ2v) is 10.5. The molecule has 30 heavy (non-hydrogen) atoms. The zero-order valence-electron chi connectivity index (χ0n) is 16.0. The molecule has 4 heterocycles. The van der Waals surface area contributed by atoms with Crippen LogP contribution in [0.25, 0.3) is 21.6 Å². The lowest BCUT2D eigenvalue weighted by atomic mass is 9.89. The van der Waals surface area contributed by atoms with E-state index in [4.69, 9.17) is 23.2 Å². The highest BCUT2D eigenvalue weighted by Gasteiger charge is 2.26. The first kappa shape index (κ1) is 18.9. The average molecular weight is 475 g/mol. The number of benzene rings is 1. The molecule has 0 aliphatic heterocycles. The van der Waals surface area contributed by atoms with Crippen LogP contribution in [0.2, 0.25) is 10.0 Å². The third-order valence-electron chi connectivity index (χ3n) is 5.68. The summed E-state index contributed by atoms with van der Waals surface area (Å²) in [6.07, 6.45) is 5.00. The van der Waals surface area contributed by atoms with E-state index in [2.05, 4.69) is 31.6 Å². The van der Waals surface area contributed by atoms with Crippen LogP contribution < -0.4 is 0 Å². The minimum atomic E-state index is 0.609. The highest BCUT2D eigenvalue weighted by atomic mass is 35.5. The molecule has 4 aromatic heterocycles. The van der Waals surface area contributed by atoms with E-state index in [-0.39, 0.29) is 0 Å². The average Bonchev–Trinajstić information content (AvgIpc) is 3.43. The van der Waals surface area contributed by atoms with Gasteiger partial charge in [0.05, 0.1) is 5.39 Å². The number of aryl methyl sites for hydroxylation is 1. The van der Waals surface area contributed by atoms with E-state index in [1.54, 1.807) is 22.6 Å². The van der Waals surface area contributed by atoms with Gasteiger partial charge in [0.1, 0.15) is 11.2 Å². The predicted molar refractivity (Wildman–Crippen MR) is 122 cm³/mol. The van der Waals surface area contributed by atoms with Gasteiger partial charge in [0, 0.05) is 20.7 Å². The first-order chi connectivity index (χ1) is 14.6. The highest BCUT2D eigenvalue weighted by Crippen LogP contribution is 2.41. The van der Waals surface area contributed by atoms with Crippen molar-refractivity contribution >= 4 is 67.9 Å². The van der Waals surface area contributed by atoms with Crippen molar-refractivity contribution in [2.45, 2.75) is 37.1 Å². The van der Waals surface area contributed by atoms with E-state index >= 15 is 0 Å². The number of hydrogen-bond acceptors (Lipinski definition) is 6. The molecule has 1 atom stereocenters. The van der Waals surface area contributed by atoms with Gasteiger partial charge in [0.2, 0.25) is 0 Å². The zero-order chi connectivity index (χ0) is 20.4. The van der Waals surface area contributed by atoms with E-state index in [1.165, 1.54) is 22.2 Å². The number of aromatic nitrogens is 6. The Morgan fingerprint density at radius 2 is 2.07 bits per heavy atom. The first-order valence-corrected chi connectivity index (χ1v) is 12.2. The number of thiophene rings is 1. The SMILES string of the molecule is CC1CCc2sc3c(c2C1)c1ncnn1c1nnc(SCc2c(Cl)cccc2Cl)n31. The van der Waals surface area contributed by atoms with E-state index in [1.807, 2.05) is 29.5 Å². The molecule has 1 aliphatic carbocycles. The summed E-state index contributed by atoms with van der Waals surface area (Å²) in [7, 11) is 0. The molecule has 5 aromatic rings. The summed E-state index contributed by atoms with van der Waals surface area (Å²) in [6, 6.07) is 5.57. The van der Waals surface area contributed by atoms with Crippen LogP contribution in [0, 0.1) is 5.92 Å². The van der Waals surface area contributed by atoms with E-state index < -0.39 is 0 Å². The number of nitrogens with zero attached hydrogens (tertiary/aromatic N) is 6. The zero-order valence-corrected chi connectivity index (χ0v) is 19.1. The molecule has 152 valence electrons. The molecule has 0 N–H and O–H groups in total.